The molecular weight excluding hydrogens is 404 g/mol. The van der Waals surface area contributed by atoms with E-state index in [9.17, 15) is 25.0 Å². The topological polar surface area (TPSA) is 141 Å². The molecule has 0 fully saturated rings. The molecule has 0 radical (unpaired) electrons. The lowest BCUT2D eigenvalue weighted by atomic mass is 10.1. The van der Waals surface area contributed by atoms with Crippen molar-refractivity contribution >= 4 is 35.1 Å². The minimum atomic E-state index is -0.564. The van der Waals surface area contributed by atoms with E-state index in [1.165, 1.54) is 48.7 Å². The summed E-state index contributed by atoms with van der Waals surface area (Å²) in [5, 5.41) is 25.3. The second-order valence-corrected chi connectivity index (χ2v) is 6.03. The van der Waals surface area contributed by atoms with Crippen LogP contribution in [0.4, 0.5) is 11.4 Å². The summed E-state index contributed by atoms with van der Waals surface area (Å²) in [6.45, 7) is 0. The van der Waals surface area contributed by atoms with E-state index in [1.807, 2.05) is 0 Å². The molecule has 0 aliphatic rings. The van der Waals surface area contributed by atoms with Crippen LogP contribution in [-0.4, -0.2) is 22.0 Å². The molecule has 0 spiro atoms. The van der Waals surface area contributed by atoms with Crippen molar-refractivity contribution in [2.45, 2.75) is 0 Å². The highest BCUT2D eigenvalue weighted by atomic mass is 35.5. The molecule has 0 atom stereocenters. The van der Waals surface area contributed by atoms with Crippen molar-refractivity contribution in [2.75, 3.05) is 0 Å². The van der Waals surface area contributed by atoms with E-state index < -0.39 is 15.8 Å². The molecule has 1 aromatic heterocycles. The highest BCUT2D eigenvalue weighted by Gasteiger charge is 2.13. The summed E-state index contributed by atoms with van der Waals surface area (Å²) in [7, 11) is 0. The van der Waals surface area contributed by atoms with Gasteiger partial charge in [0.2, 0.25) is 0 Å². The van der Waals surface area contributed by atoms with Crippen LogP contribution in [0.1, 0.15) is 16.1 Å². The summed E-state index contributed by atoms with van der Waals surface area (Å²) >= 11 is 6.06. The number of rotatable bonds is 6. The number of furan rings is 1. The predicted octanol–water partition coefficient (Wildman–Crippen LogP) is 4.18. The molecule has 0 aliphatic carbocycles. The van der Waals surface area contributed by atoms with Crippen LogP contribution >= 0.6 is 11.6 Å². The van der Waals surface area contributed by atoms with Gasteiger partial charge in [0.25, 0.3) is 17.3 Å². The zero-order chi connectivity index (χ0) is 21.0. The molecule has 0 bridgehead atoms. The molecule has 10 nitrogen and oxygen atoms in total. The van der Waals surface area contributed by atoms with Gasteiger partial charge < -0.3 is 4.42 Å². The molecule has 29 heavy (non-hydrogen) atoms. The first kappa shape index (κ1) is 19.7. The Morgan fingerprint density at radius 2 is 1.66 bits per heavy atom. The number of hydrogen-bond donors (Lipinski definition) is 1. The Morgan fingerprint density at radius 3 is 2.28 bits per heavy atom. The fraction of sp³-hybridized carbons (Fsp3) is 0. The smallest absolute Gasteiger partial charge is 0.271 e. The van der Waals surface area contributed by atoms with E-state index in [-0.39, 0.29) is 22.0 Å². The van der Waals surface area contributed by atoms with E-state index >= 15 is 0 Å². The second kappa shape index (κ2) is 8.31. The van der Waals surface area contributed by atoms with E-state index in [2.05, 4.69) is 10.5 Å². The van der Waals surface area contributed by atoms with E-state index in [0.29, 0.717) is 17.1 Å². The maximum atomic E-state index is 12.0. The number of nitrogens with one attached hydrogen (secondary N) is 1. The number of carbonyl (C=O) groups is 1. The predicted molar refractivity (Wildman–Crippen MR) is 104 cm³/mol. The fourth-order valence-corrected chi connectivity index (χ4v) is 2.61. The normalized spacial score (nSPS) is 10.8. The van der Waals surface area contributed by atoms with Gasteiger partial charge in [-0.3, -0.25) is 25.0 Å². The Bertz CT molecular complexity index is 1120. The van der Waals surface area contributed by atoms with Crippen LogP contribution < -0.4 is 5.43 Å². The first-order valence-corrected chi connectivity index (χ1v) is 8.35. The molecule has 1 N–H and O–H groups in total. The lowest BCUT2D eigenvalue weighted by Gasteiger charge is -2.00. The number of benzene rings is 2. The number of nitro groups is 2. The maximum absolute atomic E-state index is 12.0. The number of nitro benzene ring substituents is 2. The number of halogens is 1. The van der Waals surface area contributed by atoms with Gasteiger partial charge in [0.15, 0.2) is 0 Å². The Balaban J connectivity index is 1.67. The largest absolute Gasteiger partial charge is 0.455 e. The Kier molecular flexibility index (Phi) is 5.65. The van der Waals surface area contributed by atoms with Gasteiger partial charge in [-0.2, -0.15) is 5.10 Å². The number of hydrogen-bond acceptors (Lipinski definition) is 7. The summed E-state index contributed by atoms with van der Waals surface area (Å²) in [6.07, 6.45) is 1.26. The standard InChI is InChI=1S/C18H11ClN4O6/c19-16-9-13(23(27)28)5-7-15(16)17-8-6-14(29-17)10-20-21-18(24)11-1-3-12(4-2-11)22(25)26/h1-10H,(H,21,24). The van der Waals surface area contributed by atoms with Crippen LogP contribution in [0.3, 0.4) is 0 Å². The Morgan fingerprint density at radius 1 is 1.00 bits per heavy atom. The van der Waals surface area contributed by atoms with Crippen LogP contribution in [0.25, 0.3) is 11.3 Å². The van der Waals surface area contributed by atoms with Crippen LogP contribution in [0.5, 0.6) is 0 Å². The van der Waals surface area contributed by atoms with Gasteiger partial charge >= 0.3 is 0 Å². The molecule has 0 aliphatic heterocycles. The van der Waals surface area contributed by atoms with Crippen LogP contribution in [0.2, 0.25) is 5.02 Å². The van der Waals surface area contributed by atoms with Crippen LogP contribution in [-0.2, 0) is 0 Å². The molecule has 1 amide bonds. The first-order valence-electron chi connectivity index (χ1n) is 7.97. The number of amides is 1. The van der Waals surface area contributed by atoms with Crippen molar-refractivity contribution in [3.63, 3.8) is 0 Å². The van der Waals surface area contributed by atoms with Crippen molar-refractivity contribution in [2.24, 2.45) is 5.10 Å². The molecule has 3 aromatic rings. The van der Waals surface area contributed by atoms with Gasteiger partial charge in [0.05, 0.1) is 21.1 Å². The maximum Gasteiger partial charge on any atom is 0.271 e. The SMILES string of the molecule is O=C(NN=Cc1ccc(-c2ccc([N+](=O)[O-])cc2Cl)o1)c1ccc([N+](=O)[O-])cc1. The summed E-state index contributed by atoms with van der Waals surface area (Å²) in [5.41, 5.74) is 2.68. The van der Waals surface area contributed by atoms with Gasteiger partial charge in [-0.25, -0.2) is 5.43 Å². The van der Waals surface area contributed by atoms with Gasteiger partial charge in [0.1, 0.15) is 11.5 Å². The van der Waals surface area contributed by atoms with Gasteiger partial charge in [-0.15, -0.1) is 0 Å². The molecule has 1 heterocycles. The van der Waals surface area contributed by atoms with Gasteiger partial charge in [-0.05, 0) is 30.3 Å². The molecule has 146 valence electrons. The third-order valence-electron chi connectivity index (χ3n) is 3.75. The zero-order valence-corrected chi connectivity index (χ0v) is 15.2. The van der Waals surface area contributed by atoms with Crippen molar-refractivity contribution in [3.8, 4) is 11.3 Å². The Labute approximate surface area is 167 Å². The quantitative estimate of drug-likeness (QED) is 0.364. The van der Waals surface area contributed by atoms with Gasteiger partial charge in [-0.1, -0.05) is 11.6 Å². The second-order valence-electron chi connectivity index (χ2n) is 5.63. The molecule has 0 saturated heterocycles. The van der Waals surface area contributed by atoms with Crippen molar-refractivity contribution < 1.29 is 19.1 Å². The number of carbonyl (C=O) groups excluding carboxylic acids is 1. The van der Waals surface area contributed by atoms with E-state index in [4.69, 9.17) is 16.0 Å². The summed E-state index contributed by atoms with van der Waals surface area (Å²) < 4.78 is 5.55. The molecule has 2 aromatic carbocycles. The monoisotopic (exact) mass is 414 g/mol. The van der Waals surface area contributed by atoms with E-state index in [1.54, 1.807) is 12.1 Å². The van der Waals surface area contributed by atoms with E-state index in [0.717, 1.165) is 0 Å². The van der Waals surface area contributed by atoms with Crippen LogP contribution in [0, 0.1) is 20.2 Å². The molecule has 3 rings (SSSR count). The molecule has 11 heteroatoms. The summed E-state index contributed by atoms with van der Waals surface area (Å²) in [5.74, 6) is 0.118. The minimum absolute atomic E-state index is 0.127. The molecule has 0 saturated carbocycles. The summed E-state index contributed by atoms with van der Waals surface area (Å²) in [4.78, 5) is 32.2. The third-order valence-corrected chi connectivity index (χ3v) is 4.07. The average Bonchev–Trinajstić information content (AvgIpc) is 3.16. The molecular formula is C18H11ClN4O6. The minimum Gasteiger partial charge on any atom is -0.455 e. The summed E-state index contributed by atoms with van der Waals surface area (Å²) in [6, 6.07) is 12.2. The van der Waals surface area contributed by atoms with Crippen LogP contribution in [0.15, 0.2) is 64.1 Å². The molecule has 0 unspecified atom stereocenters. The highest BCUT2D eigenvalue weighted by Crippen LogP contribution is 2.32. The fourth-order valence-electron chi connectivity index (χ4n) is 2.34. The highest BCUT2D eigenvalue weighted by molar-refractivity contribution is 6.33. The lowest BCUT2D eigenvalue weighted by Crippen LogP contribution is -2.17. The van der Waals surface area contributed by atoms with Crippen molar-refractivity contribution in [1.29, 1.82) is 0 Å². The zero-order valence-electron chi connectivity index (χ0n) is 14.4. The number of non-ortho nitro benzene ring substituents is 2. The van der Waals surface area contributed by atoms with Gasteiger partial charge in [0, 0.05) is 35.4 Å². The van der Waals surface area contributed by atoms with Crippen molar-refractivity contribution in [1.82, 2.24) is 5.43 Å². The average molecular weight is 415 g/mol. The third kappa shape index (κ3) is 4.62. The van der Waals surface area contributed by atoms with Crippen molar-refractivity contribution in [3.05, 3.63) is 91.2 Å². The Hall–Kier alpha value is -4.05. The number of hydrazone groups is 1. The number of nitrogens with zero attached hydrogens (tertiary/aromatic N) is 3. The lowest BCUT2D eigenvalue weighted by molar-refractivity contribution is -0.385. The first-order chi connectivity index (χ1) is 13.8.